The Labute approximate surface area is 96.1 Å². The van der Waals surface area contributed by atoms with Gasteiger partial charge < -0.3 is 16.4 Å². The van der Waals surface area contributed by atoms with Gasteiger partial charge in [0.15, 0.2) is 0 Å². The number of likely N-dealkylation sites (N-methyl/N-ethyl adjacent to an activating group) is 1. The van der Waals surface area contributed by atoms with E-state index in [1.54, 1.807) is 7.05 Å². The highest BCUT2D eigenvalue weighted by atomic mass is 16.2. The van der Waals surface area contributed by atoms with Gasteiger partial charge in [-0.1, -0.05) is 6.92 Å². The summed E-state index contributed by atoms with van der Waals surface area (Å²) in [5.41, 5.74) is 10.9. The van der Waals surface area contributed by atoms with Crippen LogP contribution in [0.1, 0.15) is 26.2 Å². The molecule has 1 aliphatic rings. The number of amides is 2. The van der Waals surface area contributed by atoms with E-state index in [2.05, 4.69) is 0 Å². The van der Waals surface area contributed by atoms with Crippen LogP contribution >= 0.6 is 0 Å². The van der Waals surface area contributed by atoms with Crippen molar-refractivity contribution < 1.29 is 9.59 Å². The molecule has 5 nitrogen and oxygen atoms in total. The molecule has 4 N–H and O–H groups in total. The third-order valence-corrected chi connectivity index (χ3v) is 3.30. The lowest BCUT2D eigenvalue weighted by Gasteiger charge is -2.33. The lowest BCUT2D eigenvalue weighted by molar-refractivity contribution is -0.139. The summed E-state index contributed by atoms with van der Waals surface area (Å²) in [7, 11) is 1.62. The molecule has 0 aromatic heterocycles. The van der Waals surface area contributed by atoms with Crippen LogP contribution in [0, 0.1) is 11.8 Å². The second-order valence-electron chi connectivity index (χ2n) is 4.82. The van der Waals surface area contributed by atoms with Crippen LogP contribution in [0.3, 0.4) is 0 Å². The number of carbonyl (C=O) groups excluding carboxylic acids is 2. The fourth-order valence-corrected chi connectivity index (χ4v) is 2.40. The second kappa shape index (κ2) is 5.30. The van der Waals surface area contributed by atoms with E-state index in [-0.39, 0.29) is 30.3 Å². The summed E-state index contributed by atoms with van der Waals surface area (Å²) in [5.74, 6) is -0.190. The molecule has 1 saturated carbocycles. The van der Waals surface area contributed by atoms with Gasteiger partial charge in [-0.2, -0.15) is 0 Å². The van der Waals surface area contributed by atoms with Crippen LogP contribution in [0.25, 0.3) is 0 Å². The Morgan fingerprint density at radius 1 is 1.38 bits per heavy atom. The summed E-state index contributed by atoms with van der Waals surface area (Å²) < 4.78 is 0. The highest BCUT2D eigenvalue weighted by Gasteiger charge is 2.32. The summed E-state index contributed by atoms with van der Waals surface area (Å²) in [5, 5.41) is 0. The molecule has 16 heavy (non-hydrogen) atoms. The van der Waals surface area contributed by atoms with Gasteiger partial charge >= 0.3 is 0 Å². The molecule has 0 spiro atoms. The van der Waals surface area contributed by atoms with E-state index in [1.807, 2.05) is 6.92 Å². The van der Waals surface area contributed by atoms with Gasteiger partial charge in [0, 0.05) is 19.0 Å². The van der Waals surface area contributed by atoms with E-state index in [0.717, 1.165) is 19.3 Å². The smallest absolute Gasteiger partial charge is 0.237 e. The van der Waals surface area contributed by atoms with E-state index in [4.69, 9.17) is 11.5 Å². The molecule has 0 saturated heterocycles. The Hall–Kier alpha value is -1.10. The molecular weight excluding hydrogens is 206 g/mol. The van der Waals surface area contributed by atoms with E-state index >= 15 is 0 Å². The topological polar surface area (TPSA) is 89.4 Å². The van der Waals surface area contributed by atoms with E-state index in [0.29, 0.717) is 0 Å². The van der Waals surface area contributed by atoms with Crippen molar-refractivity contribution in [2.75, 3.05) is 13.6 Å². The number of nitrogens with two attached hydrogens (primary N) is 2. The average Bonchev–Trinajstić information content (AvgIpc) is 2.15. The Balaban J connectivity index is 2.56. The normalized spacial score (nSPS) is 29.8. The van der Waals surface area contributed by atoms with Crippen molar-refractivity contribution >= 4 is 11.8 Å². The predicted molar refractivity (Wildman–Crippen MR) is 61.3 cm³/mol. The Kier molecular flexibility index (Phi) is 4.29. The summed E-state index contributed by atoms with van der Waals surface area (Å²) in [4.78, 5) is 24.2. The molecule has 1 rings (SSSR count). The monoisotopic (exact) mass is 227 g/mol. The van der Waals surface area contributed by atoms with E-state index in [9.17, 15) is 9.59 Å². The van der Waals surface area contributed by atoms with Crippen molar-refractivity contribution in [1.82, 2.24) is 4.90 Å². The maximum Gasteiger partial charge on any atom is 0.237 e. The van der Waals surface area contributed by atoms with Gasteiger partial charge in [-0.25, -0.2) is 0 Å². The second-order valence-corrected chi connectivity index (χ2v) is 4.82. The van der Waals surface area contributed by atoms with Crippen LogP contribution in [0.2, 0.25) is 0 Å². The highest BCUT2D eigenvalue weighted by molar-refractivity contribution is 5.85. The SMILES string of the molecule is CC1CC(N)CCC1C(=O)N(C)CC(N)=O. The third kappa shape index (κ3) is 3.20. The average molecular weight is 227 g/mol. The summed E-state index contributed by atoms with van der Waals surface area (Å²) in [6, 6.07) is 0.209. The molecule has 0 heterocycles. The van der Waals surface area contributed by atoms with E-state index in [1.165, 1.54) is 4.90 Å². The molecule has 1 aliphatic carbocycles. The maximum atomic E-state index is 12.0. The molecule has 1 fully saturated rings. The van der Waals surface area contributed by atoms with Crippen molar-refractivity contribution in [3.63, 3.8) is 0 Å². The first kappa shape index (κ1) is 13.0. The first-order valence-electron chi connectivity index (χ1n) is 5.70. The van der Waals surface area contributed by atoms with Crippen LogP contribution in [-0.2, 0) is 9.59 Å². The van der Waals surface area contributed by atoms with Gasteiger partial charge in [0.2, 0.25) is 11.8 Å². The fourth-order valence-electron chi connectivity index (χ4n) is 2.40. The molecule has 0 aromatic rings. The number of rotatable bonds is 3. The quantitative estimate of drug-likeness (QED) is 0.693. The lowest BCUT2D eigenvalue weighted by Crippen LogP contribution is -2.44. The molecule has 5 heteroatoms. The minimum Gasteiger partial charge on any atom is -0.368 e. The zero-order valence-corrected chi connectivity index (χ0v) is 9.98. The van der Waals surface area contributed by atoms with Gasteiger partial charge in [0.25, 0.3) is 0 Å². The number of primary amides is 1. The standard InChI is InChI=1S/C11H21N3O2/c1-7-5-8(12)3-4-9(7)11(16)14(2)6-10(13)15/h7-9H,3-6,12H2,1-2H3,(H2,13,15). The van der Waals surface area contributed by atoms with Crippen LogP contribution in [0.15, 0.2) is 0 Å². The van der Waals surface area contributed by atoms with Crippen LogP contribution in [-0.4, -0.2) is 36.3 Å². The maximum absolute atomic E-state index is 12.0. The molecule has 0 aliphatic heterocycles. The molecular formula is C11H21N3O2. The van der Waals surface area contributed by atoms with Crippen molar-refractivity contribution in [1.29, 1.82) is 0 Å². The number of nitrogens with zero attached hydrogens (tertiary/aromatic N) is 1. The van der Waals surface area contributed by atoms with Crippen molar-refractivity contribution in [2.24, 2.45) is 23.3 Å². The molecule has 3 unspecified atom stereocenters. The molecule has 2 amide bonds. The lowest BCUT2D eigenvalue weighted by atomic mass is 9.77. The minimum absolute atomic E-state index is 0.00585. The number of carbonyl (C=O) groups is 2. The Morgan fingerprint density at radius 2 is 2.00 bits per heavy atom. The molecule has 0 aromatic carbocycles. The van der Waals surface area contributed by atoms with Gasteiger partial charge in [0.1, 0.15) is 0 Å². The van der Waals surface area contributed by atoms with E-state index < -0.39 is 5.91 Å². The number of hydrogen-bond acceptors (Lipinski definition) is 3. The van der Waals surface area contributed by atoms with Crippen LogP contribution < -0.4 is 11.5 Å². The van der Waals surface area contributed by atoms with Crippen molar-refractivity contribution in [3.8, 4) is 0 Å². The van der Waals surface area contributed by atoms with Crippen LogP contribution in [0.4, 0.5) is 0 Å². The third-order valence-electron chi connectivity index (χ3n) is 3.30. The Morgan fingerprint density at radius 3 is 2.50 bits per heavy atom. The van der Waals surface area contributed by atoms with Gasteiger partial charge in [0.05, 0.1) is 6.54 Å². The molecule has 3 atom stereocenters. The molecule has 0 bridgehead atoms. The molecule has 0 radical (unpaired) electrons. The minimum atomic E-state index is -0.476. The fraction of sp³-hybridized carbons (Fsp3) is 0.818. The first-order valence-corrected chi connectivity index (χ1v) is 5.70. The zero-order valence-electron chi connectivity index (χ0n) is 9.98. The molecule has 92 valence electrons. The largest absolute Gasteiger partial charge is 0.368 e. The van der Waals surface area contributed by atoms with Crippen molar-refractivity contribution in [3.05, 3.63) is 0 Å². The van der Waals surface area contributed by atoms with Crippen molar-refractivity contribution in [2.45, 2.75) is 32.2 Å². The first-order chi connectivity index (χ1) is 7.41. The number of hydrogen-bond donors (Lipinski definition) is 2. The van der Waals surface area contributed by atoms with Crippen LogP contribution in [0.5, 0.6) is 0 Å². The summed E-state index contributed by atoms with van der Waals surface area (Å²) in [6.45, 7) is 2.04. The summed E-state index contributed by atoms with van der Waals surface area (Å²) >= 11 is 0. The van der Waals surface area contributed by atoms with Gasteiger partial charge in [-0.3, -0.25) is 9.59 Å². The predicted octanol–water partition coefficient (Wildman–Crippen LogP) is -0.306. The summed E-state index contributed by atoms with van der Waals surface area (Å²) in [6.07, 6.45) is 2.57. The van der Waals surface area contributed by atoms with Gasteiger partial charge in [-0.15, -0.1) is 0 Å². The van der Waals surface area contributed by atoms with Gasteiger partial charge in [-0.05, 0) is 25.2 Å². The Bertz CT molecular complexity index is 280. The zero-order chi connectivity index (χ0) is 12.3. The highest BCUT2D eigenvalue weighted by Crippen LogP contribution is 2.30.